The predicted molar refractivity (Wildman–Crippen MR) is 70.4 cm³/mol. The molecule has 0 unspecified atom stereocenters. The van der Waals surface area contributed by atoms with Crippen LogP contribution in [0.25, 0.3) is 0 Å². The third-order valence-electron chi connectivity index (χ3n) is 4.09. The van der Waals surface area contributed by atoms with Crippen LogP contribution in [0, 0.1) is 0 Å². The third kappa shape index (κ3) is 1.69. The zero-order valence-corrected chi connectivity index (χ0v) is 10.8. The number of carboxylic acid groups (broad SMARTS) is 1. The molecule has 1 saturated carbocycles. The van der Waals surface area contributed by atoms with E-state index in [1.807, 2.05) is 24.3 Å². The zero-order valence-electron chi connectivity index (χ0n) is 10.8. The Balaban J connectivity index is 2.04. The number of carbonyl (C=O) groups is 2. The van der Waals surface area contributed by atoms with E-state index in [1.165, 1.54) is 0 Å². The van der Waals surface area contributed by atoms with Gasteiger partial charge >= 0.3 is 12.0 Å². The number of benzene rings is 1. The van der Waals surface area contributed by atoms with Crippen molar-refractivity contribution in [2.75, 3.05) is 25.0 Å². The van der Waals surface area contributed by atoms with E-state index >= 15 is 0 Å². The van der Waals surface area contributed by atoms with Gasteiger partial charge in [-0.2, -0.15) is 0 Å². The predicted octanol–water partition coefficient (Wildman–Crippen LogP) is 1.67. The van der Waals surface area contributed by atoms with Crippen molar-refractivity contribution in [3.8, 4) is 0 Å². The van der Waals surface area contributed by atoms with Gasteiger partial charge in [0.1, 0.15) is 0 Å². The first-order chi connectivity index (χ1) is 9.06. The molecular weight excluding hydrogens is 244 g/mol. The molecule has 100 valence electrons. The Kier molecular flexibility index (Phi) is 2.52. The number of rotatable bonds is 3. The fourth-order valence-electron chi connectivity index (χ4n) is 2.71. The van der Waals surface area contributed by atoms with E-state index in [1.54, 1.807) is 16.8 Å². The summed E-state index contributed by atoms with van der Waals surface area (Å²) in [4.78, 5) is 26.9. The minimum absolute atomic E-state index is 0.0614. The SMILES string of the molecule is CN1CCN(c2ccccc2C2(C(=O)O)CC2)C1=O. The zero-order chi connectivity index (χ0) is 13.6. The van der Waals surface area contributed by atoms with Crippen molar-refractivity contribution in [2.24, 2.45) is 0 Å². The number of nitrogens with zero attached hydrogens (tertiary/aromatic N) is 2. The molecule has 1 saturated heterocycles. The molecule has 0 spiro atoms. The van der Waals surface area contributed by atoms with E-state index < -0.39 is 11.4 Å². The van der Waals surface area contributed by atoms with E-state index in [4.69, 9.17) is 0 Å². The number of anilines is 1. The van der Waals surface area contributed by atoms with Crippen LogP contribution in [0.1, 0.15) is 18.4 Å². The molecule has 19 heavy (non-hydrogen) atoms. The number of amides is 2. The summed E-state index contributed by atoms with van der Waals surface area (Å²) in [5, 5.41) is 9.43. The maximum Gasteiger partial charge on any atom is 0.324 e. The minimum Gasteiger partial charge on any atom is -0.481 e. The van der Waals surface area contributed by atoms with Gasteiger partial charge in [0.25, 0.3) is 0 Å². The number of urea groups is 1. The Morgan fingerprint density at radius 2 is 1.95 bits per heavy atom. The quantitative estimate of drug-likeness (QED) is 0.899. The molecule has 0 radical (unpaired) electrons. The van der Waals surface area contributed by atoms with E-state index in [2.05, 4.69) is 0 Å². The third-order valence-corrected chi connectivity index (χ3v) is 4.09. The molecule has 0 aromatic heterocycles. The number of carboxylic acids is 1. The Morgan fingerprint density at radius 3 is 2.47 bits per heavy atom. The Morgan fingerprint density at radius 1 is 1.26 bits per heavy atom. The first-order valence-corrected chi connectivity index (χ1v) is 6.42. The number of hydrogen-bond donors (Lipinski definition) is 1. The van der Waals surface area contributed by atoms with Crippen molar-refractivity contribution >= 4 is 17.7 Å². The molecular formula is C14H16N2O3. The second-order valence-corrected chi connectivity index (χ2v) is 5.26. The van der Waals surface area contributed by atoms with Crippen molar-refractivity contribution in [3.05, 3.63) is 29.8 Å². The molecule has 0 bridgehead atoms. The fourth-order valence-corrected chi connectivity index (χ4v) is 2.71. The fraction of sp³-hybridized carbons (Fsp3) is 0.429. The lowest BCUT2D eigenvalue weighted by molar-refractivity contribution is -0.140. The highest BCUT2D eigenvalue weighted by molar-refractivity contribution is 5.97. The van der Waals surface area contributed by atoms with Crippen LogP contribution in [-0.2, 0) is 10.2 Å². The van der Waals surface area contributed by atoms with Crippen molar-refractivity contribution in [2.45, 2.75) is 18.3 Å². The Labute approximate surface area is 111 Å². The van der Waals surface area contributed by atoms with Gasteiger partial charge in [-0.25, -0.2) is 4.79 Å². The van der Waals surface area contributed by atoms with Gasteiger partial charge in [0.05, 0.1) is 5.41 Å². The molecule has 3 rings (SSSR count). The van der Waals surface area contributed by atoms with Crippen LogP contribution >= 0.6 is 0 Å². The Hall–Kier alpha value is -2.04. The summed E-state index contributed by atoms with van der Waals surface area (Å²) in [6.07, 6.45) is 1.30. The molecule has 0 atom stereocenters. The number of aliphatic carboxylic acids is 1. The highest BCUT2D eigenvalue weighted by Crippen LogP contribution is 2.51. The van der Waals surface area contributed by atoms with Crippen molar-refractivity contribution < 1.29 is 14.7 Å². The van der Waals surface area contributed by atoms with Crippen molar-refractivity contribution in [1.29, 1.82) is 0 Å². The summed E-state index contributed by atoms with van der Waals surface area (Å²) in [6, 6.07) is 7.31. The molecule has 2 fully saturated rings. The number of para-hydroxylation sites is 1. The van der Waals surface area contributed by atoms with Crippen LogP contribution in [0.15, 0.2) is 24.3 Å². The summed E-state index contributed by atoms with van der Waals surface area (Å²) in [5.41, 5.74) is 0.737. The van der Waals surface area contributed by atoms with Gasteiger partial charge in [-0.15, -0.1) is 0 Å². The van der Waals surface area contributed by atoms with Crippen LogP contribution in [0.4, 0.5) is 10.5 Å². The first kappa shape index (κ1) is 12.0. The lowest BCUT2D eigenvalue weighted by Gasteiger charge is -2.22. The molecule has 1 N–H and O–H groups in total. The topological polar surface area (TPSA) is 60.9 Å². The van der Waals surface area contributed by atoms with Gasteiger partial charge in [0, 0.05) is 25.8 Å². The van der Waals surface area contributed by atoms with Crippen LogP contribution in [0.5, 0.6) is 0 Å². The lowest BCUT2D eigenvalue weighted by atomic mass is 9.94. The second-order valence-electron chi connectivity index (χ2n) is 5.26. The van der Waals surface area contributed by atoms with Gasteiger partial charge in [0.2, 0.25) is 0 Å². The standard InChI is InChI=1S/C14H16N2O3/c1-15-8-9-16(13(15)19)11-5-3-2-4-10(11)14(6-7-14)12(17)18/h2-5H,6-9H2,1H3,(H,17,18). The van der Waals surface area contributed by atoms with Crippen molar-refractivity contribution in [1.82, 2.24) is 4.90 Å². The van der Waals surface area contributed by atoms with Crippen LogP contribution in [-0.4, -0.2) is 42.1 Å². The first-order valence-electron chi connectivity index (χ1n) is 6.42. The summed E-state index contributed by atoms with van der Waals surface area (Å²) in [7, 11) is 1.76. The minimum atomic E-state index is -0.792. The average molecular weight is 260 g/mol. The largest absolute Gasteiger partial charge is 0.481 e. The summed E-state index contributed by atoms with van der Waals surface area (Å²) < 4.78 is 0. The average Bonchev–Trinajstić information content (AvgIpc) is 3.14. The van der Waals surface area contributed by atoms with Gasteiger partial charge in [-0.05, 0) is 24.5 Å². The maximum atomic E-state index is 12.1. The smallest absolute Gasteiger partial charge is 0.324 e. The van der Waals surface area contributed by atoms with Gasteiger partial charge < -0.3 is 10.0 Å². The van der Waals surface area contributed by atoms with Gasteiger partial charge in [-0.1, -0.05) is 18.2 Å². The summed E-state index contributed by atoms with van der Waals surface area (Å²) in [6.45, 7) is 1.29. The van der Waals surface area contributed by atoms with E-state index in [0.29, 0.717) is 25.9 Å². The van der Waals surface area contributed by atoms with E-state index in [-0.39, 0.29) is 6.03 Å². The highest BCUT2D eigenvalue weighted by Gasteiger charge is 2.53. The lowest BCUT2D eigenvalue weighted by Crippen LogP contribution is -2.32. The Bertz CT molecular complexity index is 551. The van der Waals surface area contributed by atoms with Gasteiger partial charge in [-0.3, -0.25) is 9.69 Å². The van der Waals surface area contributed by atoms with Gasteiger partial charge in [0.15, 0.2) is 0 Å². The number of carbonyl (C=O) groups excluding carboxylic acids is 1. The monoisotopic (exact) mass is 260 g/mol. The molecule has 1 aliphatic heterocycles. The molecule has 1 aromatic rings. The number of hydrogen-bond acceptors (Lipinski definition) is 2. The number of likely N-dealkylation sites (N-methyl/N-ethyl adjacent to an activating group) is 1. The maximum absolute atomic E-state index is 12.1. The molecule has 1 heterocycles. The summed E-state index contributed by atoms with van der Waals surface area (Å²) in [5.74, 6) is -0.792. The van der Waals surface area contributed by atoms with E-state index in [9.17, 15) is 14.7 Å². The van der Waals surface area contributed by atoms with Crippen LogP contribution in [0.2, 0.25) is 0 Å². The molecule has 2 amide bonds. The summed E-state index contributed by atoms with van der Waals surface area (Å²) >= 11 is 0. The van der Waals surface area contributed by atoms with E-state index in [0.717, 1.165) is 11.3 Å². The van der Waals surface area contributed by atoms with Crippen LogP contribution < -0.4 is 4.90 Å². The molecule has 5 heteroatoms. The van der Waals surface area contributed by atoms with Crippen LogP contribution in [0.3, 0.4) is 0 Å². The normalized spacial score (nSPS) is 20.8. The molecule has 2 aliphatic rings. The highest BCUT2D eigenvalue weighted by atomic mass is 16.4. The second kappa shape index (κ2) is 3.98. The molecule has 1 aromatic carbocycles. The van der Waals surface area contributed by atoms with Crippen molar-refractivity contribution in [3.63, 3.8) is 0 Å². The molecule has 1 aliphatic carbocycles. The molecule has 5 nitrogen and oxygen atoms in total.